The summed E-state index contributed by atoms with van der Waals surface area (Å²) in [6, 6.07) is 13.2. The van der Waals surface area contributed by atoms with Crippen LogP contribution < -0.4 is 5.32 Å². The number of anilines is 1. The molecule has 0 saturated carbocycles. The summed E-state index contributed by atoms with van der Waals surface area (Å²) in [6.07, 6.45) is 2.04. The van der Waals surface area contributed by atoms with Crippen molar-refractivity contribution in [1.29, 1.82) is 0 Å². The number of carbonyl (C=O) groups is 3. The SMILES string of the molecule is CCCc1ccc(C(=O)CCC(=O)OCC(=O)Nc2cc(C)ccc2C)cc1. The predicted molar refractivity (Wildman–Crippen MR) is 110 cm³/mol. The summed E-state index contributed by atoms with van der Waals surface area (Å²) < 4.78 is 4.98. The predicted octanol–water partition coefficient (Wildman–Crippen LogP) is 4.40. The van der Waals surface area contributed by atoms with Crippen LogP contribution in [0.25, 0.3) is 0 Å². The fraction of sp³-hybridized carbons (Fsp3) is 0.348. The van der Waals surface area contributed by atoms with Gasteiger partial charge in [0.1, 0.15) is 0 Å². The Morgan fingerprint density at radius 2 is 1.68 bits per heavy atom. The molecule has 0 aliphatic heterocycles. The first-order valence-electron chi connectivity index (χ1n) is 9.54. The van der Waals surface area contributed by atoms with Crippen LogP contribution in [0.5, 0.6) is 0 Å². The first-order valence-corrected chi connectivity index (χ1v) is 9.54. The molecular weight excluding hydrogens is 354 g/mol. The van der Waals surface area contributed by atoms with Gasteiger partial charge < -0.3 is 10.1 Å². The molecule has 2 aromatic rings. The minimum Gasteiger partial charge on any atom is -0.456 e. The first-order chi connectivity index (χ1) is 13.4. The molecule has 1 N–H and O–H groups in total. The summed E-state index contributed by atoms with van der Waals surface area (Å²) in [7, 11) is 0. The molecule has 0 atom stereocenters. The van der Waals surface area contributed by atoms with Gasteiger partial charge >= 0.3 is 5.97 Å². The van der Waals surface area contributed by atoms with Gasteiger partial charge in [0.05, 0.1) is 6.42 Å². The lowest BCUT2D eigenvalue weighted by Crippen LogP contribution is -2.21. The zero-order valence-electron chi connectivity index (χ0n) is 16.7. The van der Waals surface area contributed by atoms with Gasteiger partial charge in [0, 0.05) is 17.7 Å². The molecule has 0 aromatic heterocycles. The van der Waals surface area contributed by atoms with E-state index in [0.717, 1.165) is 24.0 Å². The van der Waals surface area contributed by atoms with Crippen molar-refractivity contribution in [3.63, 3.8) is 0 Å². The lowest BCUT2D eigenvalue weighted by molar-refractivity contribution is -0.147. The topological polar surface area (TPSA) is 72.5 Å². The second-order valence-corrected chi connectivity index (χ2v) is 6.90. The van der Waals surface area contributed by atoms with Crippen molar-refractivity contribution in [3.8, 4) is 0 Å². The smallest absolute Gasteiger partial charge is 0.306 e. The number of aryl methyl sites for hydroxylation is 3. The number of nitrogens with one attached hydrogen (secondary N) is 1. The molecule has 5 heteroatoms. The molecule has 2 rings (SSSR count). The van der Waals surface area contributed by atoms with Crippen molar-refractivity contribution in [2.24, 2.45) is 0 Å². The lowest BCUT2D eigenvalue weighted by atomic mass is 10.0. The van der Waals surface area contributed by atoms with Gasteiger partial charge in [-0.25, -0.2) is 0 Å². The summed E-state index contributed by atoms with van der Waals surface area (Å²) >= 11 is 0. The van der Waals surface area contributed by atoms with E-state index < -0.39 is 11.9 Å². The summed E-state index contributed by atoms with van der Waals surface area (Å²) in [5.74, 6) is -1.08. The van der Waals surface area contributed by atoms with Crippen molar-refractivity contribution in [2.45, 2.75) is 46.5 Å². The van der Waals surface area contributed by atoms with Gasteiger partial charge in [0.2, 0.25) is 0 Å². The second-order valence-electron chi connectivity index (χ2n) is 6.90. The maximum atomic E-state index is 12.2. The van der Waals surface area contributed by atoms with E-state index >= 15 is 0 Å². The number of esters is 1. The quantitative estimate of drug-likeness (QED) is 0.516. The molecule has 0 aliphatic rings. The minimum atomic E-state index is -0.563. The zero-order valence-corrected chi connectivity index (χ0v) is 16.7. The summed E-state index contributed by atoms with van der Waals surface area (Å²) in [4.78, 5) is 36.0. The van der Waals surface area contributed by atoms with E-state index in [1.54, 1.807) is 12.1 Å². The fourth-order valence-corrected chi connectivity index (χ4v) is 2.78. The molecule has 0 heterocycles. The molecule has 0 saturated heterocycles. The van der Waals surface area contributed by atoms with Crippen LogP contribution in [0.1, 0.15) is 53.2 Å². The number of hydrogen-bond acceptors (Lipinski definition) is 4. The van der Waals surface area contributed by atoms with E-state index in [0.29, 0.717) is 11.3 Å². The molecule has 0 radical (unpaired) electrons. The third-order valence-electron chi connectivity index (χ3n) is 4.40. The van der Waals surface area contributed by atoms with Crippen molar-refractivity contribution in [3.05, 3.63) is 64.7 Å². The number of ketones is 1. The lowest BCUT2D eigenvalue weighted by Gasteiger charge is -2.10. The normalized spacial score (nSPS) is 10.4. The van der Waals surface area contributed by atoms with E-state index in [4.69, 9.17) is 4.74 Å². The van der Waals surface area contributed by atoms with Crippen LogP contribution in [0, 0.1) is 13.8 Å². The third-order valence-corrected chi connectivity index (χ3v) is 4.40. The van der Waals surface area contributed by atoms with Crippen molar-refractivity contribution in [2.75, 3.05) is 11.9 Å². The van der Waals surface area contributed by atoms with Gasteiger partial charge in [0.15, 0.2) is 12.4 Å². The molecule has 0 spiro atoms. The Kier molecular flexibility index (Phi) is 7.93. The maximum Gasteiger partial charge on any atom is 0.306 e. The van der Waals surface area contributed by atoms with Gasteiger partial charge in [-0.2, -0.15) is 0 Å². The van der Waals surface area contributed by atoms with Crippen molar-refractivity contribution in [1.82, 2.24) is 0 Å². The van der Waals surface area contributed by atoms with Crippen LogP contribution in [0.2, 0.25) is 0 Å². The molecule has 5 nitrogen and oxygen atoms in total. The third kappa shape index (κ3) is 6.65. The van der Waals surface area contributed by atoms with Crippen LogP contribution in [-0.4, -0.2) is 24.3 Å². The zero-order chi connectivity index (χ0) is 20.5. The molecule has 148 valence electrons. The second kappa shape index (κ2) is 10.4. The number of hydrogen-bond donors (Lipinski definition) is 1. The van der Waals surface area contributed by atoms with E-state index in [2.05, 4.69) is 12.2 Å². The molecule has 2 aromatic carbocycles. The summed E-state index contributed by atoms with van der Waals surface area (Å²) in [5, 5.41) is 2.73. The number of amides is 1. The van der Waals surface area contributed by atoms with E-state index in [9.17, 15) is 14.4 Å². The Hall–Kier alpha value is -2.95. The molecule has 0 fully saturated rings. The van der Waals surface area contributed by atoms with E-state index in [1.807, 2.05) is 44.2 Å². The largest absolute Gasteiger partial charge is 0.456 e. The monoisotopic (exact) mass is 381 g/mol. The Morgan fingerprint density at radius 1 is 0.964 bits per heavy atom. The molecule has 0 bridgehead atoms. The van der Waals surface area contributed by atoms with Crippen LogP contribution >= 0.6 is 0 Å². The number of Topliss-reactive ketones (excluding diaryl/α,β-unsaturated/α-hetero) is 1. The van der Waals surface area contributed by atoms with Crippen LogP contribution in [-0.2, 0) is 20.7 Å². The van der Waals surface area contributed by atoms with Gasteiger partial charge in [-0.15, -0.1) is 0 Å². The molecule has 0 unspecified atom stereocenters. The summed E-state index contributed by atoms with van der Waals surface area (Å²) in [6.45, 7) is 5.56. The highest BCUT2D eigenvalue weighted by Crippen LogP contribution is 2.16. The molecule has 0 aliphatic carbocycles. The maximum absolute atomic E-state index is 12.2. The Labute approximate surface area is 166 Å². The number of rotatable bonds is 9. The fourth-order valence-electron chi connectivity index (χ4n) is 2.78. The van der Waals surface area contributed by atoms with Crippen LogP contribution in [0.4, 0.5) is 5.69 Å². The standard InChI is InChI=1S/C23H27NO4/c1-4-5-18-8-10-19(11-9-18)21(25)12-13-23(27)28-15-22(26)24-20-14-16(2)6-7-17(20)3/h6-11,14H,4-5,12-13,15H2,1-3H3,(H,24,26). The minimum absolute atomic E-state index is 0.0493. The Morgan fingerprint density at radius 3 is 2.36 bits per heavy atom. The van der Waals surface area contributed by atoms with E-state index in [1.165, 1.54) is 5.56 Å². The highest BCUT2D eigenvalue weighted by atomic mass is 16.5. The van der Waals surface area contributed by atoms with E-state index in [-0.39, 0.29) is 25.2 Å². The highest BCUT2D eigenvalue weighted by molar-refractivity contribution is 5.98. The number of carbonyl (C=O) groups excluding carboxylic acids is 3. The summed E-state index contributed by atoms with van der Waals surface area (Å²) in [5.41, 5.74) is 4.43. The highest BCUT2D eigenvalue weighted by Gasteiger charge is 2.12. The average molecular weight is 381 g/mol. The van der Waals surface area contributed by atoms with Crippen molar-refractivity contribution < 1.29 is 19.1 Å². The van der Waals surface area contributed by atoms with Gasteiger partial charge in [0.25, 0.3) is 5.91 Å². The molecule has 28 heavy (non-hydrogen) atoms. The first kappa shape index (κ1) is 21.4. The molecular formula is C23H27NO4. The van der Waals surface area contributed by atoms with Crippen LogP contribution in [0.3, 0.4) is 0 Å². The Bertz CT molecular complexity index is 840. The van der Waals surface area contributed by atoms with Crippen molar-refractivity contribution >= 4 is 23.3 Å². The average Bonchev–Trinajstić information content (AvgIpc) is 2.68. The van der Waals surface area contributed by atoms with Gasteiger partial charge in [-0.05, 0) is 43.0 Å². The Balaban J connectivity index is 1.75. The van der Waals surface area contributed by atoms with Gasteiger partial charge in [-0.1, -0.05) is 49.7 Å². The van der Waals surface area contributed by atoms with Gasteiger partial charge in [-0.3, -0.25) is 14.4 Å². The molecule has 1 amide bonds. The number of ether oxygens (including phenoxy) is 1. The van der Waals surface area contributed by atoms with Crippen LogP contribution in [0.15, 0.2) is 42.5 Å². The number of benzene rings is 2.